The van der Waals surface area contributed by atoms with E-state index in [0.717, 1.165) is 11.3 Å². The van der Waals surface area contributed by atoms with Gasteiger partial charge in [0.05, 0.1) is 18.5 Å². The van der Waals surface area contributed by atoms with E-state index in [1.54, 1.807) is 17.0 Å². The second kappa shape index (κ2) is 5.74. The second-order valence-electron chi connectivity index (χ2n) is 4.96. The molecule has 1 aliphatic rings. The lowest BCUT2D eigenvalue weighted by Gasteiger charge is -1.98. The van der Waals surface area contributed by atoms with Crippen LogP contribution in [0.3, 0.4) is 0 Å². The third-order valence-corrected chi connectivity index (χ3v) is 3.19. The topological polar surface area (TPSA) is 44.1 Å². The Morgan fingerprint density at radius 3 is 2.90 bits per heavy atom. The van der Waals surface area contributed by atoms with Gasteiger partial charge in [-0.15, -0.1) is 0 Å². The summed E-state index contributed by atoms with van der Waals surface area (Å²) in [6.45, 7) is 0.548. The van der Waals surface area contributed by atoms with E-state index in [2.05, 4.69) is 5.10 Å². The maximum Gasteiger partial charge on any atom is 0.330 e. The average Bonchev–Trinajstić information content (AvgIpc) is 3.20. The maximum absolute atomic E-state index is 11.5. The number of aromatic nitrogens is 2. The van der Waals surface area contributed by atoms with Crippen LogP contribution in [-0.4, -0.2) is 22.4 Å². The third-order valence-electron chi connectivity index (χ3n) is 3.19. The molecular weight excluding hydrogens is 252 g/mol. The molecular formula is C16H16N2O2. The molecule has 0 bridgehead atoms. The summed E-state index contributed by atoms with van der Waals surface area (Å²) in [4.78, 5) is 11.5. The van der Waals surface area contributed by atoms with E-state index in [9.17, 15) is 4.79 Å². The number of rotatable bonds is 5. The van der Waals surface area contributed by atoms with Gasteiger partial charge in [0.25, 0.3) is 0 Å². The minimum atomic E-state index is -0.288. The van der Waals surface area contributed by atoms with Crippen molar-refractivity contribution in [2.45, 2.75) is 12.8 Å². The van der Waals surface area contributed by atoms with Crippen molar-refractivity contribution < 1.29 is 9.53 Å². The van der Waals surface area contributed by atoms with Crippen molar-refractivity contribution in [3.05, 3.63) is 54.4 Å². The fraction of sp³-hybridized carbons (Fsp3) is 0.250. The first-order chi connectivity index (χ1) is 9.81. The van der Waals surface area contributed by atoms with Crippen molar-refractivity contribution in [2.75, 3.05) is 6.61 Å². The smallest absolute Gasteiger partial charge is 0.330 e. The molecule has 0 N–H and O–H groups in total. The summed E-state index contributed by atoms with van der Waals surface area (Å²) in [7, 11) is 0. The highest BCUT2D eigenvalue weighted by Crippen LogP contribution is 2.28. The van der Waals surface area contributed by atoms with Gasteiger partial charge in [0.2, 0.25) is 0 Å². The minimum absolute atomic E-state index is 0.288. The van der Waals surface area contributed by atoms with Crippen LogP contribution in [0, 0.1) is 5.92 Å². The molecule has 20 heavy (non-hydrogen) atoms. The number of esters is 1. The monoisotopic (exact) mass is 268 g/mol. The van der Waals surface area contributed by atoms with Crippen molar-refractivity contribution in [3.63, 3.8) is 0 Å². The van der Waals surface area contributed by atoms with E-state index in [1.807, 2.05) is 36.5 Å². The van der Waals surface area contributed by atoms with Crippen molar-refractivity contribution in [2.24, 2.45) is 5.92 Å². The Morgan fingerprint density at radius 2 is 2.15 bits per heavy atom. The zero-order valence-electron chi connectivity index (χ0n) is 11.1. The van der Waals surface area contributed by atoms with Gasteiger partial charge in [0.15, 0.2) is 0 Å². The van der Waals surface area contributed by atoms with Gasteiger partial charge in [0.1, 0.15) is 0 Å². The first kappa shape index (κ1) is 12.7. The van der Waals surface area contributed by atoms with Gasteiger partial charge >= 0.3 is 5.97 Å². The lowest BCUT2D eigenvalue weighted by Crippen LogP contribution is -2.03. The Hall–Kier alpha value is -2.36. The molecule has 4 heteroatoms. The van der Waals surface area contributed by atoms with Gasteiger partial charge in [-0.1, -0.05) is 18.2 Å². The van der Waals surface area contributed by atoms with Crippen LogP contribution in [0.15, 0.2) is 48.8 Å². The first-order valence-electron chi connectivity index (χ1n) is 6.76. The molecule has 0 atom stereocenters. The number of hydrogen-bond acceptors (Lipinski definition) is 3. The van der Waals surface area contributed by atoms with Crippen molar-refractivity contribution in [3.8, 4) is 5.69 Å². The Labute approximate surface area is 117 Å². The van der Waals surface area contributed by atoms with E-state index >= 15 is 0 Å². The van der Waals surface area contributed by atoms with Crippen molar-refractivity contribution in [1.82, 2.24) is 9.78 Å². The Balaban J connectivity index is 1.60. The normalized spacial score (nSPS) is 14.6. The van der Waals surface area contributed by atoms with E-state index in [1.165, 1.54) is 18.9 Å². The molecule has 0 aliphatic heterocycles. The van der Waals surface area contributed by atoms with Gasteiger partial charge in [-0.25, -0.2) is 9.48 Å². The molecule has 1 aromatic heterocycles. The zero-order valence-corrected chi connectivity index (χ0v) is 11.1. The van der Waals surface area contributed by atoms with Crippen LogP contribution in [0.2, 0.25) is 0 Å². The van der Waals surface area contributed by atoms with Gasteiger partial charge < -0.3 is 4.74 Å². The summed E-state index contributed by atoms with van der Waals surface area (Å²) < 4.78 is 6.90. The number of ether oxygens (including phenoxy) is 1. The highest BCUT2D eigenvalue weighted by Gasteiger charge is 2.22. The van der Waals surface area contributed by atoms with Crippen LogP contribution in [0.1, 0.15) is 18.4 Å². The van der Waals surface area contributed by atoms with Gasteiger partial charge in [-0.05, 0) is 37.0 Å². The van der Waals surface area contributed by atoms with Crippen LogP contribution >= 0.6 is 0 Å². The quantitative estimate of drug-likeness (QED) is 0.618. The lowest BCUT2D eigenvalue weighted by atomic mass is 10.3. The summed E-state index contributed by atoms with van der Waals surface area (Å²) in [6.07, 6.45) is 9.13. The average molecular weight is 268 g/mol. The van der Waals surface area contributed by atoms with Crippen molar-refractivity contribution >= 4 is 12.0 Å². The zero-order chi connectivity index (χ0) is 13.8. The van der Waals surface area contributed by atoms with E-state index in [0.29, 0.717) is 12.5 Å². The molecule has 1 heterocycles. The van der Waals surface area contributed by atoms with Crippen molar-refractivity contribution in [1.29, 1.82) is 0 Å². The molecule has 0 spiro atoms. The van der Waals surface area contributed by atoms with Crippen LogP contribution in [0.4, 0.5) is 0 Å². The molecule has 3 rings (SSSR count). The molecule has 0 saturated heterocycles. The minimum Gasteiger partial charge on any atom is -0.462 e. The molecule has 0 unspecified atom stereocenters. The number of carbonyl (C=O) groups is 1. The first-order valence-corrected chi connectivity index (χ1v) is 6.76. The summed E-state index contributed by atoms with van der Waals surface area (Å²) in [5.41, 5.74) is 1.86. The third kappa shape index (κ3) is 3.35. The molecule has 0 amide bonds. The SMILES string of the molecule is O=C(C=Cc1cnn(-c2ccccc2)c1)OCC1CC1. The maximum atomic E-state index is 11.5. The molecule has 1 fully saturated rings. The van der Waals surface area contributed by atoms with Gasteiger partial charge in [-0.2, -0.15) is 5.10 Å². The molecule has 1 aromatic carbocycles. The number of para-hydroxylation sites is 1. The Morgan fingerprint density at radius 1 is 1.35 bits per heavy atom. The van der Waals surface area contributed by atoms with Crippen LogP contribution in [0.25, 0.3) is 11.8 Å². The molecule has 1 aliphatic carbocycles. The highest BCUT2D eigenvalue weighted by molar-refractivity contribution is 5.86. The standard InChI is InChI=1S/C16H16N2O2/c19-16(20-12-13-6-7-13)9-8-14-10-17-18(11-14)15-4-2-1-3-5-15/h1-5,8-11,13H,6-7,12H2. The predicted molar refractivity (Wildman–Crippen MR) is 76.3 cm³/mol. The Kier molecular flexibility index (Phi) is 3.63. The fourth-order valence-electron chi connectivity index (χ4n) is 1.84. The number of benzene rings is 1. The Bertz CT molecular complexity index is 612. The van der Waals surface area contributed by atoms with Gasteiger partial charge in [-0.3, -0.25) is 0 Å². The lowest BCUT2D eigenvalue weighted by molar-refractivity contribution is -0.138. The largest absolute Gasteiger partial charge is 0.462 e. The summed E-state index contributed by atoms with van der Waals surface area (Å²) in [5, 5.41) is 4.26. The molecule has 4 nitrogen and oxygen atoms in total. The van der Waals surface area contributed by atoms with Crippen LogP contribution < -0.4 is 0 Å². The molecule has 2 aromatic rings. The molecule has 1 saturated carbocycles. The number of hydrogen-bond donors (Lipinski definition) is 0. The number of carbonyl (C=O) groups excluding carboxylic acids is 1. The second-order valence-corrected chi connectivity index (χ2v) is 4.96. The summed E-state index contributed by atoms with van der Waals surface area (Å²) >= 11 is 0. The van der Waals surface area contributed by atoms with Crippen LogP contribution in [0.5, 0.6) is 0 Å². The molecule has 102 valence electrons. The summed E-state index contributed by atoms with van der Waals surface area (Å²) in [6, 6.07) is 9.84. The number of nitrogens with zero attached hydrogens (tertiary/aromatic N) is 2. The van der Waals surface area contributed by atoms with Crippen LogP contribution in [-0.2, 0) is 9.53 Å². The predicted octanol–water partition coefficient (Wildman–Crippen LogP) is 2.84. The molecule has 0 radical (unpaired) electrons. The fourth-order valence-corrected chi connectivity index (χ4v) is 1.84. The highest BCUT2D eigenvalue weighted by atomic mass is 16.5. The van der Waals surface area contributed by atoms with E-state index < -0.39 is 0 Å². The van der Waals surface area contributed by atoms with E-state index in [4.69, 9.17) is 4.74 Å². The summed E-state index contributed by atoms with van der Waals surface area (Å²) in [5.74, 6) is 0.303. The van der Waals surface area contributed by atoms with E-state index in [-0.39, 0.29) is 5.97 Å². The van der Waals surface area contributed by atoms with Gasteiger partial charge in [0, 0.05) is 17.8 Å².